The van der Waals surface area contributed by atoms with Crippen LogP contribution in [0.15, 0.2) is 45.3 Å². The summed E-state index contributed by atoms with van der Waals surface area (Å²) in [5.74, 6) is 0. The highest BCUT2D eigenvalue weighted by Crippen LogP contribution is 2.27. The van der Waals surface area contributed by atoms with Crippen molar-refractivity contribution >= 4 is 11.8 Å². The normalized spacial score (nSPS) is 10.6. The van der Waals surface area contributed by atoms with Crippen molar-refractivity contribution < 1.29 is 0 Å². The fourth-order valence-electron chi connectivity index (χ4n) is 1.76. The van der Waals surface area contributed by atoms with Crippen LogP contribution < -0.4 is 5.56 Å². The van der Waals surface area contributed by atoms with Gasteiger partial charge in [-0.25, -0.2) is 4.98 Å². The standard InChI is InChI=1S/C14H16N2OS/c1-4-16-8-7-15-13(14(16)17)18-12-6-5-10(2)9-11(12)3/h5-9H,4H2,1-3H3. The maximum absolute atomic E-state index is 12.1. The molecule has 0 saturated heterocycles. The van der Waals surface area contributed by atoms with Crippen molar-refractivity contribution in [3.8, 4) is 0 Å². The van der Waals surface area contributed by atoms with Gasteiger partial charge in [0.15, 0.2) is 5.03 Å². The number of aryl methyl sites for hydroxylation is 3. The predicted octanol–water partition coefficient (Wildman–Crippen LogP) is 3.03. The Morgan fingerprint density at radius 3 is 2.78 bits per heavy atom. The molecule has 0 unspecified atom stereocenters. The Balaban J connectivity index is 2.37. The Kier molecular flexibility index (Phi) is 3.87. The van der Waals surface area contributed by atoms with E-state index in [9.17, 15) is 4.79 Å². The van der Waals surface area contributed by atoms with Gasteiger partial charge < -0.3 is 4.57 Å². The second kappa shape index (κ2) is 5.40. The van der Waals surface area contributed by atoms with Gasteiger partial charge in [-0.05, 0) is 32.4 Å². The fourth-order valence-corrected chi connectivity index (χ4v) is 2.65. The molecule has 0 fully saturated rings. The van der Waals surface area contributed by atoms with Gasteiger partial charge in [0.1, 0.15) is 0 Å². The third-order valence-corrected chi connectivity index (χ3v) is 3.91. The van der Waals surface area contributed by atoms with Crippen LogP contribution in [0.5, 0.6) is 0 Å². The molecule has 2 aromatic rings. The molecule has 0 aliphatic heterocycles. The van der Waals surface area contributed by atoms with Crippen LogP contribution in [0.25, 0.3) is 0 Å². The Hall–Kier alpha value is -1.55. The van der Waals surface area contributed by atoms with Crippen LogP contribution in [0.1, 0.15) is 18.1 Å². The monoisotopic (exact) mass is 260 g/mol. The Labute approximate surface area is 111 Å². The molecular formula is C14H16N2OS. The van der Waals surface area contributed by atoms with E-state index < -0.39 is 0 Å². The van der Waals surface area contributed by atoms with Gasteiger partial charge >= 0.3 is 0 Å². The summed E-state index contributed by atoms with van der Waals surface area (Å²) in [5, 5.41) is 0.534. The molecule has 94 valence electrons. The summed E-state index contributed by atoms with van der Waals surface area (Å²) in [6.07, 6.45) is 3.39. The third-order valence-electron chi connectivity index (χ3n) is 2.76. The van der Waals surface area contributed by atoms with E-state index in [4.69, 9.17) is 0 Å². The quantitative estimate of drug-likeness (QED) is 0.851. The molecule has 3 nitrogen and oxygen atoms in total. The van der Waals surface area contributed by atoms with Crippen LogP contribution in [0.4, 0.5) is 0 Å². The van der Waals surface area contributed by atoms with Crippen LogP contribution in [0, 0.1) is 13.8 Å². The van der Waals surface area contributed by atoms with Gasteiger partial charge in [0, 0.05) is 23.8 Å². The van der Waals surface area contributed by atoms with E-state index in [2.05, 4.69) is 31.0 Å². The van der Waals surface area contributed by atoms with Gasteiger partial charge in [0.25, 0.3) is 5.56 Å². The third kappa shape index (κ3) is 2.64. The number of benzene rings is 1. The molecule has 18 heavy (non-hydrogen) atoms. The minimum Gasteiger partial charge on any atom is -0.312 e. The van der Waals surface area contributed by atoms with E-state index in [0.29, 0.717) is 11.6 Å². The number of hydrogen-bond donors (Lipinski definition) is 0. The summed E-state index contributed by atoms with van der Waals surface area (Å²) in [4.78, 5) is 17.3. The Bertz CT molecular complexity index is 619. The van der Waals surface area contributed by atoms with Crippen molar-refractivity contribution in [3.63, 3.8) is 0 Å². The molecule has 2 rings (SSSR count). The highest BCUT2D eigenvalue weighted by atomic mass is 32.2. The van der Waals surface area contributed by atoms with E-state index in [1.54, 1.807) is 17.0 Å². The molecule has 0 aliphatic carbocycles. The number of rotatable bonds is 3. The second-order valence-corrected chi connectivity index (χ2v) is 5.23. The molecule has 4 heteroatoms. The van der Waals surface area contributed by atoms with Crippen molar-refractivity contribution in [1.82, 2.24) is 9.55 Å². The van der Waals surface area contributed by atoms with Gasteiger partial charge in [-0.2, -0.15) is 0 Å². The van der Waals surface area contributed by atoms with Gasteiger partial charge in [-0.3, -0.25) is 4.79 Å². The van der Waals surface area contributed by atoms with Gasteiger partial charge in [0.2, 0.25) is 0 Å². The minimum absolute atomic E-state index is 0.0232. The molecule has 0 atom stereocenters. The van der Waals surface area contributed by atoms with Crippen LogP contribution in [0.2, 0.25) is 0 Å². The van der Waals surface area contributed by atoms with E-state index in [1.165, 1.54) is 22.9 Å². The molecule has 1 heterocycles. The van der Waals surface area contributed by atoms with Crippen molar-refractivity contribution in [3.05, 3.63) is 52.1 Å². The average molecular weight is 260 g/mol. The maximum atomic E-state index is 12.1. The summed E-state index contributed by atoms with van der Waals surface area (Å²) in [6, 6.07) is 6.21. The number of aromatic nitrogens is 2. The van der Waals surface area contributed by atoms with Gasteiger partial charge in [-0.15, -0.1) is 0 Å². The minimum atomic E-state index is -0.0232. The second-order valence-electron chi connectivity index (χ2n) is 4.19. The Morgan fingerprint density at radius 2 is 2.11 bits per heavy atom. The zero-order chi connectivity index (χ0) is 13.1. The topological polar surface area (TPSA) is 34.9 Å². The number of hydrogen-bond acceptors (Lipinski definition) is 3. The number of nitrogens with zero attached hydrogens (tertiary/aromatic N) is 2. The highest BCUT2D eigenvalue weighted by molar-refractivity contribution is 7.99. The van der Waals surface area contributed by atoms with Gasteiger partial charge in [0.05, 0.1) is 0 Å². The molecule has 0 amide bonds. The summed E-state index contributed by atoms with van der Waals surface area (Å²) >= 11 is 1.43. The summed E-state index contributed by atoms with van der Waals surface area (Å²) in [7, 11) is 0. The highest BCUT2D eigenvalue weighted by Gasteiger charge is 2.08. The van der Waals surface area contributed by atoms with Crippen molar-refractivity contribution in [2.45, 2.75) is 37.2 Å². The molecule has 1 aromatic carbocycles. The lowest BCUT2D eigenvalue weighted by atomic mass is 10.2. The van der Waals surface area contributed by atoms with E-state index in [-0.39, 0.29) is 5.56 Å². The lowest BCUT2D eigenvalue weighted by Gasteiger charge is -2.07. The molecule has 1 aromatic heterocycles. The first-order valence-corrected chi connectivity index (χ1v) is 6.74. The predicted molar refractivity (Wildman–Crippen MR) is 74.2 cm³/mol. The fraction of sp³-hybridized carbons (Fsp3) is 0.286. The zero-order valence-electron chi connectivity index (χ0n) is 10.8. The lowest BCUT2D eigenvalue weighted by Crippen LogP contribution is -2.20. The summed E-state index contributed by atoms with van der Waals surface area (Å²) in [5.41, 5.74) is 2.38. The van der Waals surface area contributed by atoms with Gasteiger partial charge in [-0.1, -0.05) is 29.5 Å². The largest absolute Gasteiger partial charge is 0.312 e. The SMILES string of the molecule is CCn1ccnc(Sc2ccc(C)cc2C)c1=O. The smallest absolute Gasteiger partial charge is 0.283 e. The first-order valence-electron chi connectivity index (χ1n) is 5.92. The van der Waals surface area contributed by atoms with Crippen LogP contribution in [0.3, 0.4) is 0 Å². The molecule has 0 bridgehead atoms. The van der Waals surface area contributed by atoms with Crippen LogP contribution in [-0.2, 0) is 6.54 Å². The first-order chi connectivity index (χ1) is 8.61. The van der Waals surface area contributed by atoms with Crippen molar-refractivity contribution in [2.24, 2.45) is 0 Å². The Morgan fingerprint density at radius 1 is 1.33 bits per heavy atom. The van der Waals surface area contributed by atoms with E-state index in [1.807, 2.05) is 13.0 Å². The first kappa shape index (κ1) is 12.9. The zero-order valence-corrected chi connectivity index (χ0v) is 11.6. The molecular weight excluding hydrogens is 244 g/mol. The van der Waals surface area contributed by atoms with Crippen LogP contribution >= 0.6 is 11.8 Å². The lowest BCUT2D eigenvalue weighted by molar-refractivity contribution is 0.692. The molecule has 0 radical (unpaired) electrons. The average Bonchev–Trinajstić information content (AvgIpc) is 2.35. The van der Waals surface area contributed by atoms with Crippen molar-refractivity contribution in [2.75, 3.05) is 0 Å². The molecule has 0 aliphatic rings. The van der Waals surface area contributed by atoms with E-state index >= 15 is 0 Å². The van der Waals surface area contributed by atoms with E-state index in [0.717, 1.165) is 4.90 Å². The van der Waals surface area contributed by atoms with Crippen molar-refractivity contribution in [1.29, 1.82) is 0 Å². The summed E-state index contributed by atoms with van der Waals surface area (Å²) < 4.78 is 1.67. The molecule has 0 N–H and O–H groups in total. The summed E-state index contributed by atoms with van der Waals surface area (Å²) in [6.45, 7) is 6.73. The molecule has 0 spiro atoms. The maximum Gasteiger partial charge on any atom is 0.283 e. The van der Waals surface area contributed by atoms with Crippen LogP contribution in [-0.4, -0.2) is 9.55 Å². The molecule has 0 saturated carbocycles.